The smallest absolute Gasteiger partial charge is 0.130 e. The molecule has 0 bridgehead atoms. The van der Waals surface area contributed by atoms with Gasteiger partial charge in [0.25, 0.3) is 0 Å². The number of anilines is 1. The van der Waals surface area contributed by atoms with Gasteiger partial charge >= 0.3 is 0 Å². The highest BCUT2D eigenvalue weighted by Gasteiger charge is 2.24. The molecule has 0 spiro atoms. The van der Waals surface area contributed by atoms with Crippen LogP contribution in [0.15, 0.2) is 43.0 Å². The number of nitrogens with one attached hydrogen (secondary N) is 1. The van der Waals surface area contributed by atoms with Gasteiger partial charge in [0.05, 0.1) is 24.9 Å². The number of rotatable bonds is 3. The number of morpholine rings is 1. The predicted molar refractivity (Wildman–Crippen MR) is 117 cm³/mol. The molecule has 1 fully saturated rings. The van der Waals surface area contributed by atoms with Crippen molar-refractivity contribution in [1.29, 1.82) is 0 Å². The quantitative estimate of drug-likeness (QED) is 0.561. The summed E-state index contributed by atoms with van der Waals surface area (Å²) in [6, 6.07) is 6.46. The van der Waals surface area contributed by atoms with E-state index in [9.17, 15) is 0 Å². The number of aromatic nitrogens is 5. The van der Waals surface area contributed by atoms with Crippen LogP contribution in [0, 0.1) is 13.8 Å². The van der Waals surface area contributed by atoms with Crippen LogP contribution >= 0.6 is 0 Å². The van der Waals surface area contributed by atoms with Crippen molar-refractivity contribution in [2.75, 3.05) is 24.7 Å². The molecule has 1 saturated heterocycles. The van der Waals surface area contributed by atoms with Gasteiger partial charge in [0.15, 0.2) is 0 Å². The maximum Gasteiger partial charge on any atom is 0.130 e. The fraction of sp³-hybridized carbons (Fsp3) is 0.304. The van der Waals surface area contributed by atoms with Crippen molar-refractivity contribution in [3.8, 4) is 22.5 Å². The molecule has 5 rings (SSSR count). The monoisotopic (exact) mass is 400 g/mol. The SMILES string of the molecule is Cc1cnccc1-c1cc(N2CCOC[C@H]2C)nc2c(-c3ccn[nH]3)ncc(C)c12. The van der Waals surface area contributed by atoms with Crippen LogP contribution in [0.3, 0.4) is 0 Å². The van der Waals surface area contributed by atoms with Crippen LogP contribution in [-0.4, -0.2) is 50.9 Å². The first-order chi connectivity index (χ1) is 14.6. The summed E-state index contributed by atoms with van der Waals surface area (Å²) in [6.07, 6.45) is 7.41. The highest BCUT2D eigenvalue weighted by atomic mass is 16.5. The van der Waals surface area contributed by atoms with Gasteiger partial charge < -0.3 is 9.64 Å². The number of ether oxygens (including phenoxy) is 1. The highest BCUT2D eigenvalue weighted by molar-refractivity contribution is 6.03. The van der Waals surface area contributed by atoms with E-state index in [0.717, 1.165) is 56.9 Å². The molecule has 0 aliphatic carbocycles. The Bertz CT molecular complexity index is 1200. The van der Waals surface area contributed by atoms with Crippen LogP contribution in [0.5, 0.6) is 0 Å². The van der Waals surface area contributed by atoms with Crippen molar-refractivity contribution in [3.05, 3.63) is 54.1 Å². The van der Waals surface area contributed by atoms with Gasteiger partial charge in [-0.1, -0.05) is 0 Å². The van der Waals surface area contributed by atoms with E-state index in [1.165, 1.54) is 0 Å². The molecule has 0 amide bonds. The van der Waals surface area contributed by atoms with Gasteiger partial charge in [-0.3, -0.25) is 15.1 Å². The zero-order valence-corrected chi connectivity index (χ0v) is 17.4. The van der Waals surface area contributed by atoms with Crippen molar-refractivity contribution < 1.29 is 4.74 Å². The van der Waals surface area contributed by atoms with Gasteiger partial charge in [-0.25, -0.2) is 4.98 Å². The fourth-order valence-electron chi connectivity index (χ4n) is 4.18. The number of fused-ring (bicyclic) bond motifs is 1. The van der Waals surface area contributed by atoms with Gasteiger partial charge in [-0.05, 0) is 61.2 Å². The third kappa shape index (κ3) is 3.11. The molecule has 7 nitrogen and oxygen atoms in total. The van der Waals surface area contributed by atoms with Gasteiger partial charge in [0.1, 0.15) is 17.0 Å². The zero-order chi connectivity index (χ0) is 20.7. The predicted octanol–water partition coefficient (Wildman–Crippen LogP) is 3.92. The van der Waals surface area contributed by atoms with E-state index in [0.29, 0.717) is 13.2 Å². The molecule has 4 aromatic rings. The van der Waals surface area contributed by atoms with E-state index in [-0.39, 0.29) is 6.04 Å². The molecule has 0 unspecified atom stereocenters. The van der Waals surface area contributed by atoms with Crippen LogP contribution < -0.4 is 4.90 Å². The molecule has 1 aliphatic rings. The fourth-order valence-corrected chi connectivity index (χ4v) is 4.18. The minimum Gasteiger partial charge on any atom is -0.377 e. The molecule has 0 radical (unpaired) electrons. The number of pyridine rings is 3. The first kappa shape index (κ1) is 18.7. The summed E-state index contributed by atoms with van der Waals surface area (Å²) < 4.78 is 5.65. The third-order valence-corrected chi connectivity index (χ3v) is 5.74. The first-order valence-electron chi connectivity index (χ1n) is 10.2. The van der Waals surface area contributed by atoms with Crippen molar-refractivity contribution in [1.82, 2.24) is 25.1 Å². The van der Waals surface area contributed by atoms with Crippen LogP contribution in [-0.2, 0) is 4.74 Å². The third-order valence-electron chi connectivity index (χ3n) is 5.74. The first-order valence-corrected chi connectivity index (χ1v) is 10.2. The number of nitrogens with zero attached hydrogens (tertiary/aromatic N) is 5. The summed E-state index contributed by atoms with van der Waals surface area (Å²) in [5.74, 6) is 0.942. The van der Waals surface area contributed by atoms with E-state index >= 15 is 0 Å². The van der Waals surface area contributed by atoms with Crippen LogP contribution in [0.25, 0.3) is 33.4 Å². The molecule has 7 heteroatoms. The lowest BCUT2D eigenvalue weighted by atomic mass is 9.95. The Morgan fingerprint density at radius 3 is 2.77 bits per heavy atom. The van der Waals surface area contributed by atoms with Crippen molar-refractivity contribution >= 4 is 16.7 Å². The summed E-state index contributed by atoms with van der Waals surface area (Å²) in [5, 5.41) is 8.27. The Labute approximate surface area is 175 Å². The molecule has 1 N–H and O–H groups in total. The van der Waals surface area contributed by atoms with Crippen molar-refractivity contribution in [3.63, 3.8) is 0 Å². The Morgan fingerprint density at radius 2 is 2.00 bits per heavy atom. The maximum absolute atomic E-state index is 5.65. The number of aromatic amines is 1. The second kappa shape index (κ2) is 7.50. The maximum atomic E-state index is 5.65. The van der Waals surface area contributed by atoms with Gasteiger partial charge in [0, 0.05) is 36.7 Å². The van der Waals surface area contributed by atoms with Gasteiger partial charge in [-0.2, -0.15) is 5.10 Å². The molecule has 152 valence electrons. The average Bonchev–Trinajstić information content (AvgIpc) is 3.29. The molecule has 1 atom stereocenters. The largest absolute Gasteiger partial charge is 0.377 e. The second-order valence-electron chi connectivity index (χ2n) is 7.82. The molecule has 0 aromatic carbocycles. The van der Waals surface area contributed by atoms with E-state index in [1.54, 1.807) is 6.20 Å². The van der Waals surface area contributed by atoms with E-state index in [2.05, 4.69) is 53.0 Å². The lowest BCUT2D eigenvalue weighted by Crippen LogP contribution is -2.44. The average molecular weight is 400 g/mol. The lowest BCUT2D eigenvalue weighted by molar-refractivity contribution is 0.0986. The molecular weight excluding hydrogens is 376 g/mol. The van der Waals surface area contributed by atoms with Crippen molar-refractivity contribution in [2.45, 2.75) is 26.8 Å². The highest BCUT2D eigenvalue weighted by Crippen LogP contribution is 2.38. The Hall–Kier alpha value is -3.32. The number of H-pyrrole nitrogens is 1. The molecule has 4 aromatic heterocycles. The number of aryl methyl sites for hydroxylation is 2. The van der Waals surface area contributed by atoms with E-state index < -0.39 is 0 Å². The molecule has 0 saturated carbocycles. The summed E-state index contributed by atoms with van der Waals surface area (Å²) in [4.78, 5) is 16.5. The number of hydrogen-bond donors (Lipinski definition) is 1. The standard InChI is InChI=1S/C23H24N6O/c1-14-11-24-6-4-17(14)18-10-20(29-8-9-30-13-16(29)3)27-23-21(18)15(2)12-25-22(23)19-5-7-26-28-19/h4-7,10-12,16H,8-9,13H2,1-3H3,(H,26,28)/t16-/m1/s1. The van der Waals surface area contributed by atoms with Gasteiger partial charge in [0.2, 0.25) is 0 Å². The molecule has 5 heterocycles. The molecule has 30 heavy (non-hydrogen) atoms. The summed E-state index contributed by atoms with van der Waals surface area (Å²) in [7, 11) is 0. The second-order valence-corrected chi connectivity index (χ2v) is 7.82. The molecule has 1 aliphatic heterocycles. The topological polar surface area (TPSA) is 79.8 Å². The summed E-state index contributed by atoms with van der Waals surface area (Å²) in [6.45, 7) is 8.57. The Balaban J connectivity index is 1.85. The Morgan fingerprint density at radius 1 is 1.10 bits per heavy atom. The van der Waals surface area contributed by atoms with Crippen LogP contribution in [0.4, 0.5) is 5.82 Å². The zero-order valence-electron chi connectivity index (χ0n) is 17.4. The van der Waals surface area contributed by atoms with Crippen LogP contribution in [0.2, 0.25) is 0 Å². The van der Waals surface area contributed by atoms with E-state index in [4.69, 9.17) is 14.7 Å². The Kier molecular flexibility index (Phi) is 4.67. The summed E-state index contributed by atoms with van der Waals surface area (Å²) >= 11 is 0. The van der Waals surface area contributed by atoms with Gasteiger partial charge in [-0.15, -0.1) is 0 Å². The minimum absolute atomic E-state index is 0.253. The van der Waals surface area contributed by atoms with Crippen molar-refractivity contribution in [2.24, 2.45) is 0 Å². The number of hydrogen-bond acceptors (Lipinski definition) is 6. The van der Waals surface area contributed by atoms with E-state index in [1.807, 2.05) is 24.7 Å². The van der Waals surface area contributed by atoms with Crippen LogP contribution in [0.1, 0.15) is 18.1 Å². The lowest BCUT2D eigenvalue weighted by Gasteiger charge is -2.35. The normalized spacial score (nSPS) is 16.9. The summed E-state index contributed by atoms with van der Waals surface area (Å²) in [5.41, 5.74) is 7.07. The minimum atomic E-state index is 0.253. The molecular formula is C23H24N6O.